The Labute approximate surface area is 108 Å². The first-order valence-corrected chi connectivity index (χ1v) is 6.14. The molecule has 0 atom stereocenters. The van der Waals surface area contributed by atoms with Crippen molar-refractivity contribution in [2.75, 3.05) is 0 Å². The Hall–Kier alpha value is -2.08. The maximum absolute atomic E-state index is 8.89. The van der Waals surface area contributed by atoms with Crippen LogP contribution >= 0.6 is 0 Å². The largest absolute Gasteiger partial charge is 0.237 e. The summed E-state index contributed by atoms with van der Waals surface area (Å²) in [6.45, 7) is 8.29. The van der Waals surface area contributed by atoms with E-state index < -0.39 is 0 Å². The summed E-state index contributed by atoms with van der Waals surface area (Å²) >= 11 is 0. The Balaban J connectivity index is 2.60. The molecule has 0 aliphatic heterocycles. The second-order valence-electron chi connectivity index (χ2n) is 4.53. The number of hydrogen-bond donors (Lipinski definition) is 0. The van der Waals surface area contributed by atoms with Gasteiger partial charge >= 0.3 is 0 Å². The highest BCUT2D eigenvalue weighted by Gasteiger charge is 2.12. The minimum Gasteiger partial charge on any atom is -0.237 e. The zero-order valence-electron chi connectivity index (χ0n) is 11.3. The van der Waals surface area contributed by atoms with Crippen LogP contribution in [0.1, 0.15) is 35.0 Å². The molecule has 1 heterocycles. The van der Waals surface area contributed by atoms with Crippen molar-refractivity contribution in [3.8, 4) is 11.8 Å². The quantitative estimate of drug-likeness (QED) is 0.807. The maximum Gasteiger partial charge on any atom is 0.0991 e. The van der Waals surface area contributed by atoms with E-state index in [-0.39, 0.29) is 0 Å². The molecule has 0 amide bonds. The highest BCUT2D eigenvalue weighted by atomic mass is 15.3. The Morgan fingerprint density at radius 2 is 2.00 bits per heavy atom. The molecule has 0 unspecified atom stereocenters. The number of hydrogen-bond acceptors (Lipinski definition) is 2. The van der Waals surface area contributed by atoms with Gasteiger partial charge in [-0.15, -0.1) is 0 Å². The number of nitriles is 1. The molecule has 0 bridgehead atoms. The third-order valence-corrected chi connectivity index (χ3v) is 3.35. The molecule has 2 aromatic rings. The van der Waals surface area contributed by atoms with E-state index in [1.165, 1.54) is 11.3 Å². The van der Waals surface area contributed by atoms with Crippen molar-refractivity contribution in [2.24, 2.45) is 0 Å². The van der Waals surface area contributed by atoms with Gasteiger partial charge < -0.3 is 0 Å². The molecule has 0 saturated heterocycles. The standard InChI is InChI=1S/C15H17N3/c1-5-14-11(3)17-18(12(14)4)15-7-6-13(9-16)8-10(15)2/h6-8H,5H2,1-4H3. The molecule has 0 spiro atoms. The van der Waals surface area contributed by atoms with Crippen molar-refractivity contribution in [3.05, 3.63) is 46.3 Å². The summed E-state index contributed by atoms with van der Waals surface area (Å²) in [6, 6.07) is 7.86. The summed E-state index contributed by atoms with van der Waals surface area (Å²) in [5.41, 5.74) is 6.38. The second-order valence-corrected chi connectivity index (χ2v) is 4.53. The van der Waals surface area contributed by atoms with Crippen LogP contribution in [-0.4, -0.2) is 9.78 Å². The molecule has 1 aromatic heterocycles. The van der Waals surface area contributed by atoms with E-state index in [0.717, 1.165) is 23.4 Å². The van der Waals surface area contributed by atoms with Crippen LogP contribution in [0, 0.1) is 32.1 Å². The molecular weight excluding hydrogens is 222 g/mol. The molecule has 0 fully saturated rings. The van der Waals surface area contributed by atoms with Crippen LogP contribution in [-0.2, 0) is 6.42 Å². The van der Waals surface area contributed by atoms with Gasteiger partial charge in [-0.1, -0.05) is 6.92 Å². The van der Waals surface area contributed by atoms with Gasteiger partial charge in [-0.2, -0.15) is 10.4 Å². The third kappa shape index (κ3) is 1.91. The van der Waals surface area contributed by atoms with Crippen LogP contribution < -0.4 is 0 Å². The fourth-order valence-electron chi connectivity index (χ4n) is 2.38. The van der Waals surface area contributed by atoms with Gasteiger partial charge in [-0.25, -0.2) is 4.68 Å². The molecule has 0 saturated carbocycles. The van der Waals surface area contributed by atoms with Crippen LogP contribution in [0.4, 0.5) is 0 Å². The van der Waals surface area contributed by atoms with Crippen molar-refractivity contribution < 1.29 is 0 Å². The molecule has 0 N–H and O–H groups in total. The van der Waals surface area contributed by atoms with E-state index in [1.54, 1.807) is 0 Å². The van der Waals surface area contributed by atoms with E-state index >= 15 is 0 Å². The highest BCUT2D eigenvalue weighted by Crippen LogP contribution is 2.21. The normalized spacial score (nSPS) is 10.4. The van der Waals surface area contributed by atoms with Crippen molar-refractivity contribution in [3.63, 3.8) is 0 Å². The first-order chi connectivity index (χ1) is 8.58. The smallest absolute Gasteiger partial charge is 0.0991 e. The number of rotatable bonds is 2. The molecule has 18 heavy (non-hydrogen) atoms. The van der Waals surface area contributed by atoms with Crippen LogP contribution in [0.2, 0.25) is 0 Å². The van der Waals surface area contributed by atoms with Gasteiger partial charge in [0.25, 0.3) is 0 Å². The third-order valence-electron chi connectivity index (χ3n) is 3.35. The Bertz CT molecular complexity index is 630. The minimum atomic E-state index is 0.688. The number of benzene rings is 1. The van der Waals surface area contributed by atoms with E-state index in [9.17, 15) is 0 Å². The molecule has 3 nitrogen and oxygen atoms in total. The SMILES string of the molecule is CCc1c(C)nn(-c2ccc(C#N)cc2C)c1C. The lowest BCUT2D eigenvalue weighted by Gasteiger charge is -2.08. The van der Waals surface area contributed by atoms with E-state index in [2.05, 4.69) is 25.0 Å². The highest BCUT2D eigenvalue weighted by molar-refractivity contribution is 5.47. The van der Waals surface area contributed by atoms with E-state index in [1.807, 2.05) is 36.7 Å². The number of aromatic nitrogens is 2. The van der Waals surface area contributed by atoms with Gasteiger partial charge in [0, 0.05) is 5.69 Å². The van der Waals surface area contributed by atoms with Crippen LogP contribution in [0.25, 0.3) is 5.69 Å². The Kier molecular flexibility index (Phi) is 3.20. The van der Waals surface area contributed by atoms with Gasteiger partial charge in [0.05, 0.1) is 23.0 Å². The first-order valence-electron chi connectivity index (χ1n) is 6.14. The summed E-state index contributed by atoms with van der Waals surface area (Å²) in [7, 11) is 0. The minimum absolute atomic E-state index is 0.688. The average Bonchev–Trinajstić information content (AvgIpc) is 2.64. The molecule has 0 aliphatic carbocycles. The summed E-state index contributed by atoms with van der Waals surface area (Å²) < 4.78 is 1.98. The van der Waals surface area contributed by atoms with Crippen LogP contribution in [0.3, 0.4) is 0 Å². The van der Waals surface area contributed by atoms with E-state index in [0.29, 0.717) is 5.56 Å². The summed E-state index contributed by atoms with van der Waals surface area (Å²) in [5.74, 6) is 0. The van der Waals surface area contributed by atoms with E-state index in [4.69, 9.17) is 5.26 Å². The predicted octanol–water partition coefficient (Wildman–Crippen LogP) is 3.23. The fraction of sp³-hybridized carbons (Fsp3) is 0.333. The van der Waals surface area contributed by atoms with Crippen molar-refractivity contribution in [1.82, 2.24) is 9.78 Å². The first kappa shape index (κ1) is 12.4. The zero-order chi connectivity index (χ0) is 13.3. The maximum atomic E-state index is 8.89. The second kappa shape index (κ2) is 4.66. The lowest BCUT2D eigenvalue weighted by Crippen LogP contribution is -2.02. The summed E-state index contributed by atoms with van der Waals surface area (Å²) in [4.78, 5) is 0. The summed E-state index contributed by atoms with van der Waals surface area (Å²) in [5, 5.41) is 13.5. The average molecular weight is 239 g/mol. The van der Waals surface area contributed by atoms with Crippen molar-refractivity contribution >= 4 is 0 Å². The molecule has 92 valence electrons. The van der Waals surface area contributed by atoms with Crippen LogP contribution in [0.15, 0.2) is 18.2 Å². The molecule has 3 heteroatoms. The monoisotopic (exact) mass is 239 g/mol. The van der Waals surface area contributed by atoms with Gasteiger partial charge in [0.1, 0.15) is 0 Å². The lowest BCUT2D eigenvalue weighted by atomic mass is 10.1. The Morgan fingerprint density at radius 1 is 1.28 bits per heavy atom. The molecule has 0 aliphatic rings. The van der Waals surface area contributed by atoms with Gasteiger partial charge in [-0.3, -0.25) is 0 Å². The Morgan fingerprint density at radius 3 is 2.50 bits per heavy atom. The zero-order valence-corrected chi connectivity index (χ0v) is 11.3. The number of nitrogens with zero attached hydrogens (tertiary/aromatic N) is 3. The topological polar surface area (TPSA) is 41.6 Å². The molecular formula is C15H17N3. The van der Waals surface area contributed by atoms with Gasteiger partial charge in [0.15, 0.2) is 0 Å². The molecule has 0 radical (unpaired) electrons. The van der Waals surface area contributed by atoms with Gasteiger partial charge in [0.2, 0.25) is 0 Å². The van der Waals surface area contributed by atoms with Crippen LogP contribution in [0.5, 0.6) is 0 Å². The lowest BCUT2D eigenvalue weighted by molar-refractivity contribution is 0.826. The molecule has 1 aromatic carbocycles. The van der Waals surface area contributed by atoms with Crippen molar-refractivity contribution in [2.45, 2.75) is 34.1 Å². The number of aryl methyl sites for hydroxylation is 2. The predicted molar refractivity (Wildman–Crippen MR) is 71.9 cm³/mol. The van der Waals surface area contributed by atoms with Gasteiger partial charge in [-0.05, 0) is 56.5 Å². The summed E-state index contributed by atoms with van der Waals surface area (Å²) in [6.07, 6.45) is 0.993. The fourth-order valence-corrected chi connectivity index (χ4v) is 2.38. The molecule has 2 rings (SSSR count). The van der Waals surface area contributed by atoms with Crippen molar-refractivity contribution in [1.29, 1.82) is 5.26 Å².